The predicted octanol–water partition coefficient (Wildman–Crippen LogP) is 4.62. The highest BCUT2D eigenvalue weighted by molar-refractivity contribution is 7.22. The molecular formula is C22H22N4OS2. The van der Waals surface area contributed by atoms with Crippen molar-refractivity contribution in [2.75, 3.05) is 18.0 Å². The van der Waals surface area contributed by atoms with Gasteiger partial charge in [-0.05, 0) is 37.1 Å². The summed E-state index contributed by atoms with van der Waals surface area (Å²) in [5.74, 6) is 0.111. The van der Waals surface area contributed by atoms with E-state index in [9.17, 15) is 4.79 Å². The van der Waals surface area contributed by atoms with Gasteiger partial charge in [0.1, 0.15) is 0 Å². The van der Waals surface area contributed by atoms with Crippen LogP contribution in [0.25, 0.3) is 20.4 Å². The molecule has 1 atom stereocenters. The summed E-state index contributed by atoms with van der Waals surface area (Å²) in [6.45, 7) is 1.82. The number of aryl methyl sites for hydroxylation is 1. The summed E-state index contributed by atoms with van der Waals surface area (Å²) >= 11 is 3.41. The van der Waals surface area contributed by atoms with Crippen molar-refractivity contribution in [2.24, 2.45) is 0 Å². The van der Waals surface area contributed by atoms with Gasteiger partial charge in [-0.3, -0.25) is 4.79 Å². The van der Waals surface area contributed by atoms with Crippen LogP contribution in [0.2, 0.25) is 0 Å². The average Bonchev–Trinajstić information content (AvgIpc) is 3.36. The number of nitrogens with zero attached hydrogens (tertiary/aromatic N) is 3. The normalized spacial score (nSPS) is 17.1. The van der Waals surface area contributed by atoms with Gasteiger partial charge in [-0.15, -0.1) is 11.3 Å². The highest BCUT2D eigenvalue weighted by Gasteiger charge is 2.23. The van der Waals surface area contributed by atoms with Gasteiger partial charge in [0, 0.05) is 32.0 Å². The monoisotopic (exact) mass is 422 g/mol. The number of rotatable bonds is 5. The van der Waals surface area contributed by atoms with E-state index >= 15 is 0 Å². The Morgan fingerprint density at radius 1 is 1.03 bits per heavy atom. The Balaban J connectivity index is 1.18. The molecule has 1 unspecified atom stereocenters. The van der Waals surface area contributed by atoms with Crippen molar-refractivity contribution in [3.63, 3.8) is 0 Å². The fourth-order valence-electron chi connectivity index (χ4n) is 3.81. The van der Waals surface area contributed by atoms with Gasteiger partial charge in [-0.25, -0.2) is 9.97 Å². The molecule has 7 heteroatoms. The van der Waals surface area contributed by atoms with Crippen LogP contribution in [0.4, 0.5) is 5.13 Å². The molecule has 1 fully saturated rings. The summed E-state index contributed by atoms with van der Waals surface area (Å²) in [6.07, 6.45) is 3.27. The number of para-hydroxylation sites is 2. The first-order valence-electron chi connectivity index (χ1n) is 9.99. The molecule has 5 nitrogen and oxygen atoms in total. The summed E-state index contributed by atoms with van der Waals surface area (Å²) in [5, 5.41) is 5.31. The SMILES string of the molecule is O=C(CCc1nc2ccccc2s1)NC1CCCN(c2nc3ccccc3s2)C1. The van der Waals surface area contributed by atoms with Crippen LogP contribution in [0, 0.1) is 0 Å². The first kappa shape index (κ1) is 18.5. The average molecular weight is 423 g/mol. The Bertz CT molecular complexity index is 1090. The minimum absolute atomic E-state index is 0.111. The van der Waals surface area contributed by atoms with E-state index in [2.05, 4.69) is 39.5 Å². The molecule has 148 valence electrons. The molecule has 0 spiro atoms. The number of thiazole rings is 2. The zero-order valence-corrected chi connectivity index (χ0v) is 17.6. The van der Waals surface area contributed by atoms with E-state index in [0.717, 1.165) is 47.1 Å². The molecule has 4 aromatic rings. The molecule has 2 aromatic carbocycles. The van der Waals surface area contributed by atoms with Crippen LogP contribution in [0.3, 0.4) is 0 Å². The second-order valence-corrected chi connectivity index (χ2v) is 9.52. The molecule has 1 saturated heterocycles. The van der Waals surface area contributed by atoms with Crippen molar-refractivity contribution in [2.45, 2.75) is 31.7 Å². The van der Waals surface area contributed by atoms with Crippen LogP contribution in [-0.4, -0.2) is 35.0 Å². The number of aromatic nitrogens is 2. The molecule has 0 saturated carbocycles. The Kier molecular flexibility index (Phi) is 5.16. The summed E-state index contributed by atoms with van der Waals surface area (Å²) in [4.78, 5) is 24.2. The maximum Gasteiger partial charge on any atom is 0.220 e. The Morgan fingerprint density at radius 3 is 2.52 bits per heavy atom. The molecular weight excluding hydrogens is 400 g/mol. The van der Waals surface area contributed by atoms with Gasteiger partial charge < -0.3 is 10.2 Å². The van der Waals surface area contributed by atoms with Gasteiger partial charge in [0.15, 0.2) is 5.13 Å². The lowest BCUT2D eigenvalue weighted by molar-refractivity contribution is -0.121. The van der Waals surface area contributed by atoms with Crippen LogP contribution >= 0.6 is 22.7 Å². The zero-order valence-electron chi connectivity index (χ0n) is 16.0. The minimum Gasteiger partial charge on any atom is -0.352 e. The maximum absolute atomic E-state index is 12.5. The molecule has 1 aliphatic rings. The van der Waals surface area contributed by atoms with Crippen molar-refractivity contribution in [1.29, 1.82) is 0 Å². The number of carbonyl (C=O) groups is 1. The third kappa shape index (κ3) is 4.11. The van der Waals surface area contributed by atoms with Crippen molar-refractivity contribution >= 4 is 54.1 Å². The molecule has 1 aliphatic heterocycles. The third-order valence-corrected chi connectivity index (χ3v) is 7.44. The van der Waals surface area contributed by atoms with E-state index in [0.29, 0.717) is 12.8 Å². The fraction of sp³-hybridized carbons (Fsp3) is 0.318. The maximum atomic E-state index is 12.5. The Labute approximate surface area is 177 Å². The van der Waals surface area contributed by atoms with Crippen molar-refractivity contribution in [3.8, 4) is 0 Å². The quantitative estimate of drug-likeness (QED) is 0.510. The molecule has 0 radical (unpaired) electrons. The number of amides is 1. The number of hydrogen-bond acceptors (Lipinski definition) is 6. The highest BCUT2D eigenvalue weighted by atomic mass is 32.1. The Morgan fingerprint density at radius 2 is 1.76 bits per heavy atom. The first-order chi connectivity index (χ1) is 14.2. The van der Waals surface area contributed by atoms with Gasteiger partial charge in [0.05, 0.1) is 25.4 Å². The van der Waals surface area contributed by atoms with Gasteiger partial charge in [0.2, 0.25) is 5.91 Å². The number of carbonyl (C=O) groups excluding carboxylic acids is 1. The van der Waals surface area contributed by atoms with E-state index in [1.165, 1.54) is 9.40 Å². The Hall–Kier alpha value is -2.51. The molecule has 2 aromatic heterocycles. The largest absolute Gasteiger partial charge is 0.352 e. The first-order valence-corrected chi connectivity index (χ1v) is 11.6. The lowest BCUT2D eigenvalue weighted by Crippen LogP contribution is -2.47. The van der Waals surface area contributed by atoms with E-state index in [4.69, 9.17) is 4.98 Å². The number of piperidine rings is 1. The number of fused-ring (bicyclic) bond motifs is 2. The van der Waals surface area contributed by atoms with Gasteiger partial charge >= 0.3 is 0 Å². The van der Waals surface area contributed by atoms with E-state index in [-0.39, 0.29) is 11.9 Å². The van der Waals surface area contributed by atoms with E-state index < -0.39 is 0 Å². The van der Waals surface area contributed by atoms with Gasteiger partial charge in [-0.2, -0.15) is 0 Å². The topological polar surface area (TPSA) is 58.1 Å². The number of benzene rings is 2. The van der Waals surface area contributed by atoms with E-state index in [1.807, 2.05) is 24.3 Å². The summed E-state index contributed by atoms with van der Waals surface area (Å²) < 4.78 is 2.39. The van der Waals surface area contributed by atoms with Crippen molar-refractivity contribution in [1.82, 2.24) is 15.3 Å². The molecule has 0 aliphatic carbocycles. The second-order valence-electron chi connectivity index (χ2n) is 7.39. The molecule has 5 rings (SSSR count). The van der Waals surface area contributed by atoms with Crippen molar-refractivity contribution in [3.05, 3.63) is 53.5 Å². The third-order valence-electron chi connectivity index (χ3n) is 5.24. The summed E-state index contributed by atoms with van der Waals surface area (Å²) in [6, 6.07) is 16.5. The van der Waals surface area contributed by atoms with Crippen LogP contribution in [-0.2, 0) is 11.2 Å². The smallest absolute Gasteiger partial charge is 0.220 e. The molecule has 29 heavy (non-hydrogen) atoms. The number of anilines is 1. The lowest BCUT2D eigenvalue weighted by Gasteiger charge is -2.32. The van der Waals surface area contributed by atoms with E-state index in [1.54, 1.807) is 22.7 Å². The highest BCUT2D eigenvalue weighted by Crippen LogP contribution is 2.30. The van der Waals surface area contributed by atoms with Crippen LogP contribution < -0.4 is 10.2 Å². The van der Waals surface area contributed by atoms with Gasteiger partial charge in [-0.1, -0.05) is 35.6 Å². The zero-order chi connectivity index (χ0) is 19.6. The molecule has 3 heterocycles. The summed E-state index contributed by atoms with van der Waals surface area (Å²) in [5.41, 5.74) is 2.07. The van der Waals surface area contributed by atoms with Crippen LogP contribution in [0.5, 0.6) is 0 Å². The second kappa shape index (κ2) is 8.08. The number of hydrogen-bond donors (Lipinski definition) is 1. The standard InChI is InChI=1S/C22H22N4OS2/c27-20(11-12-21-24-16-7-1-3-9-18(16)28-21)23-15-6-5-13-26(14-15)22-25-17-8-2-4-10-19(17)29-22/h1-4,7-10,15H,5-6,11-14H2,(H,23,27). The summed E-state index contributed by atoms with van der Waals surface area (Å²) in [7, 11) is 0. The fourth-order valence-corrected chi connectivity index (χ4v) is 5.78. The van der Waals surface area contributed by atoms with Crippen LogP contribution in [0.1, 0.15) is 24.3 Å². The number of nitrogens with one attached hydrogen (secondary N) is 1. The molecule has 0 bridgehead atoms. The van der Waals surface area contributed by atoms with Crippen molar-refractivity contribution < 1.29 is 4.79 Å². The minimum atomic E-state index is 0.111. The van der Waals surface area contributed by atoms with Crippen LogP contribution in [0.15, 0.2) is 48.5 Å². The molecule has 1 amide bonds. The molecule has 1 N–H and O–H groups in total. The predicted molar refractivity (Wildman–Crippen MR) is 121 cm³/mol. The lowest BCUT2D eigenvalue weighted by atomic mass is 10.1. The van der Waals surface area contributed by atoms with Gasteiger partial charge in [0.25, 0.3) is 0 Å².